The van der Waals surface area contributed by atoms with Crippen LogP contribution in [0.1, 0.15) is 63.1 Å². The lowest BCUT2D eigenvalue weighted by Crippen LogP contribution is -2.26. The van der Waals surface area contributed by atoms with Gasteiger partial charge in [-0.05, 0) is 43.0 Å². The molecule has 1 unspecified atom stereocenters. The maximum Gasteiger partial charge on any atom is 0.330 e. The largest absolute Gasteiger partial charge is 0.493 e. The number of ether oxygens (including phenoxy) is 1. The highest BCUT2D eigenvalue weighted by Gasteiger charge is 2.20. The number of nitrogens with one attached hydrogen (secondary N) is 1. The molecule has 2 aromatic heterocycles. The van der Waals surface area contributed by atoms with Crippen molar-refractivity contribution in [1.82, 2.24) is 19.1 Å². The fourth-order valence-electron chi connectivity index (χ4n) is 4.25. The fourth-order valence-corrected chi connectivity index (χ4v) is 4.25. The molecular weight excluding hydrogens is 378 g/mol. The molecule has 1 aromatic carbocycles. The quantitative estimate of drug-likeness (QED) is 0.548. The molecular formula is C23H31N5O2. The van der Waals surface area contributed by atoms with Crippen molar-refractivity contribution in [2.45, 2.75) is 65.3 Å². The number of fused-ring (bicyclic) bond motifs is 2. The normalized spacial score (nSPS) is 14.0. The Morgan fingerprint density at radius 3 is 2.87 bits per heavy atom. The molecule has 3 aromatic rings. The number of hydrogen-bond donors (Lipinski definition) is 1. The van der Waals surface area contributed by atoms with E-state index in [-0.39, 0.29) is 11.7 Å². The molecule has 160 valence electrons. The maximum absolute atomic E-state index is 13.0. The van der Waals surface area contributed by atoms with Gasteiger partial charge in [-0.2, -0.15) is 4.98 Å². The Labute approximate surface area is 177 Å². The van der Waals surface area contributed by atoms with Crippen molar-refractivity contribution >= 4 is 22.8 Å². The van der Waals surface area contributed by atoms with Gasteiger partial charge in [-0.3, -0.25) is 9.13 Å². The van der Waals surface area contributed by atoms with E-state index in [0.29, 0.717) is 11.6 Å². The molecule has 0 fully saturated rings. The second-order valence-corrected chi connectivity index (χ2v) is 8.17. The molecule has 0 saturated heterocycles. The van der Waals surface area contributed by atoms with Gasteiger partial charge in [0.2, 0.25) is 5.95 Å². The van der Waals surface area contributed by atoms with E-state index in [9.17, 15) is 4.79 Å². The van der Waals surface area contributed by atoms with E-state index in [1.807, 2.05) is 11.5 Å². The van der Waals surface area contributed by atoms with Gasteiger partial charge in [-0.25, -0.2) is 9.78 Å². The van der Waals surface area contributed by atoms with Crippen LogP contribution in [-0.4, -0.2) is 25.7 Å². The third-order valence-corrected chi connectivity index (χ3v) is 6.09. The van der Waals surface area contributed by atoms with Gasteiger partial charge in [0.1, 0.15) is 11.3 Å². The zero-order valence-corrected chi connectivity index (χ0v) is 18.4. The number of rotatable bonds is 8. The molecule has 0 amide bonds. The summed E-state index contributed by atoms with van der Waals surface area (Å²) < 4.78 is 9.17. The van der Waals surface area contributed by atoms with Crippen LogP contribution in [0.4, 0.5) is 11.6 Å². The van der Waals surface area contributed by atoms with Crippen LogP contribution in [0.5, 0.6) is 5.75 Å². The minimum Gasteiger partial charge on any atom is -0.493 e. The summed E-state index contributed by atoms with van der Waals surface area (Å²) in [5.41, 5.74) is 4.69. The molecule has 0 aliphatic carbocycles. The SMILES string of the molecule is CCCCCC(CC)n1c(=O)n(C)c2cnc(Nc3cc4c(cc3C)OCC4)nc21. The zero-order valence-electron chi connectivity index (χ0n) is 18.4. The molecule has 1 aliphatic rings. The van der Waals surface area contributed by atoms with Gasteiger partial charge in [-0.1, -0.05) is 33.1 Å². The van der Waals surface area contributed by atoms with E-state index in [1.54, 1.807) is 17.8 Å². The Hall–Kier alpha value is -2.83. The van der Waals surface area contributed by atoms with Crippen LogP contribution < -0.4 is 15.7 Å². The van der Waals surface area contributed by atoms with Gasteiger partial charge in [0, 0.05) is 25.2 Å². The summed E-state index contributed by atoms with van der Waals surface area (Å²) in [5, 5.41) is 3.36. The van der Waals surface area contributed by atoms with Crippen LogP contribution in [0.15, 0.2) is 23.1 Å². The van der Waals surface area contributed by atoms with Gasteiger partial charge in [-0.15, -0.1) is 0 Å². The van der Waals surface area contributed by atoms with Crippen LogP contribution in [0, 0.1) is 6.92 Å². The lowest BCUT2D eigenvalue weighted by Gasteiger charge is -2.16. The number of benzene rings is 1. The first-order valence-corrected chi connectivity index (χ1v) is 11.0. The first-order valence-electron chi connectivity index (χ1n) is 11.0. The second-order valence-electron chi connectivity index (χ2n) is 8.17. The monoisotopic (exact) mass is 409 g/mol. The molecule has 1 aliphatic heterocycles. The predicted molar refractivity (Wildman–Crippen MR) is 120 cm³/mol. The van der Waals surface area contributed by atoms with Gasteiger partial charge < -0.3 is 10.1 Å². The van der Waals surface area contributed by atoms with Gasteiger partial charge in [0.25, 0.3) is 0 Å². The van der Waals surface area contributed by atoms with Gasteiger partial charge in [0.15, 0.2) is 5.65 Å². The number of aryl methyl sites for hydroxylation is 2. The number of aromatic nitrogens is 4. The summed E-state index contributed by atoms with van der Waals surface area (Å²) in [6.45, 7) is 7.11. The molecule has 0 saturated carbocycles. The Morgan fingerprint density at radius 1 is 1.27 bits per heavy atom. The number of unbranched alkanes of at least 4 members (excludes halogenated alkanes) is 2. The molecule has 0 spiro atoms. The Morgan fingerprint density at radius 2 is 2.10 bits per heavy atom. The predicted octanol–water partition coefficient (Wildman–Crippen LogP) is 4.65. The Balaban J connectivity index is 1.71. The smallest absolute Gasteiger partial charge is 0.330 e. The van der Waals surface area contributed by atoms with Crippen molar-refractivity contribution in [2.24, 2.45) is 7.05 Å². The highest BCUT2D eigenvalue weighted by molar-refractivity contribution is 5.73. The van der Waals surface area contributed by atoms with Crippen molar-refractivity contribution in [1.29, 1.82) is 0 Å². The van der Waals surface area contributed by atoms with Crippen molar-refractivity contribution in [3.05, 3.63) is 39.9 Å². The third kappa shape index (κ3) is 3.68. The lowest BCUT2D eigenvalue weighted by molar-refractivity contribution is 0.356. The van der Waals surface area contributed by atoms with Gasteiger partial charge >= 0.3 is 5.69 Å². The van der Waals surface area contributed by atoms with E-state index in [1.165, 1.54) is 18.4 Å². The van der Waals surface area contributed by atoms with Crippen molar-refractivity contribution in [3.8, 4) is 5.75 Å². The second kappa shape index (κ2) is 8.50. The average molecular weight is 410 g/mol. The molecule has 3 heterocycles. The average Bonchev–Trinajstić information content (AvgIpc) is 3.28. The van der Waals surface area contributed by atoms with Crippen LogP contribution >= 0.6 is 0 Å². The molecule has 30 heavy (non-hydrogen) atoms. The minimum atomic E-state index is -0.0225. The molecule has 7 heteroatoms. The van der Waals surface area contributed by atoms with E-state index in [4.69, 9.17) is 9.72 Å². The number of anilines is 2. The molecule has 0 radical (unpaired) electrons. The lowest BCUT2D eigenvalue weighted by atomic mass is 10.1. The number of nitrogens with zero attached hydrogens (tertiary/aromatic N) is 4. The maximum atomic E-state index is 13.0. The minimum absolute atomic E-state index is 0.0225. The zero-order chi connectivity index (χ0) is 21.3. The fraction of sp³-hybridized carbons (Fsp3) is 0.522. The summed E-state index contributed by atoms with van der Waals surface area (Å²) >= 11 is 0. The van der Waals surface area contributed by atoms with Crippen molar-refractivity contribution in [3.63, 3.8) is 0 Å². The van der Waals surface area contributed by atoms with Crippen LogP contribution in [-0.2, 0) is 13.5 Å². The van der Waals surface area contributed by atoms with Crippen LogP contribution in [0.2, 0.25) is 0 Å². The first-order chi connectivity index (χ1) is 14.5. The third-order valence-electron chi connectivity index (χ3n) is 6.09. The summed E-state index contributed by atoms with van der Waals surface area (Å²) in [6.07, 6.45) is 8.01. The number of imidazole rings is 1. The first kappa shape index (κ1) is 20.4. The standard InChI is InChI=1S/C23H31N5O2/c1-5-7-8-9-17(6-2)28-21-19(27(4)23(28)29)14-24-22(26-21)25-18-13-16-10-11-30-20(16)12-15(18)3/h12-14,17H,5-11H2,1-4H3,(H,24,25,26). The molecule has 7 nitrogen and oxygen atoms in total. The van der Waals surface area contributed by atoms with E-state index in [2.05, 4.69) is 36.3 Å². The van der Waals surface area contributed by atoms with Crippen molar-refractivity contribution in [2.75, 3.05) is 11.9 Å². The molecule has 0 bridgehead atoms. The molecule has 4 rings (SSSR count). The van der Waals surface area contributed by atoms with Crippen LogP contribution in [0.3, 0.4) is 0 Å². The Bertz CT molecular complexity index is 1110. The highest BCUT2D eigenvalue weighted by atomic mass is 16.5. The summed E-state index contributed by atoms with van der Waals surface area (Å²) in [7, 11) is 1.79. The summed E-state index contributed by atoms with van der Waals surface area (Å²) in [4.78, 5) is 22.3. The van der Waals surface area contributed by atoms with Crippen molar-refractivity contribution < 1.29 is 4.74 Å². The Kier molecular flexibility index (Phi) is 5.79. The number of hydrogen-bond acceptors (Lipinski definition) is 5. The van der Waals surface area contributed by atoms with E-state index in [0.717, 1.165) is 54.8 Å². The van der Waals surface area contributed by atoms with E-state index < -0.39 is 0 Å². The summed E-state index contributed by atoms with van der Waals surface area (Å²) in [5.74, 6) is 1.47. The highest BCUT2D eigenvalue weighted by Crippen LogP contribution is 2.32. The molecule has 1 atom stereocenters. The van der Waals surface area contributed by atoms with E-state index >= 15 is 0 Å². The summed E-state index contributed by atoms with van der Waals surface area (Å²) in [6, 6.07) is 4.32. The van der Waals surface area contributed by atoms with Gasteiger partial charge in [0.05, 0.1) is 12.8 Å². The van der Waals surface area contributed by atoms with Crippen LogP contribution in [0.25, 0.3) is 11.2 Å². The molecule has 1 N–H and O–H groups in total. The topological polar surface area (TPSA) is 74.0 Å².